The first kappa shape index (κ1) is 34.5. The minimum absolute atomic E-state index is 0.174. The number of unbranched alkanes of at least 4 members (excludes halogenated alkanes) is 4. The average molecular weight is 651 g/mol. The first-order valence-corrected chi connectivity index (χ1v) is 16.3. The lowest BCUT2D eigenvalue weighted by Crippen LogP contribution is -2.63. The fourth-order valence-electron chi connectivity index (χ4n) is 5.94. The molecule has 47 heavy (non-hydrogen) atoms. The van der Waals surface area contributed by atoms with Crippen molar-refractivity contribution in [2.24, 2.45) is 0 Å². The van der Waals surface area contributed by atoms with E-state index in [0.29, 0.717) is 31.9 Å². The van der Waals surface area contributed by atoms with Crippen LogP contribution >= 0.6 is 0 Å². The summed E-state index contributed by atoms with van der Waals surface area (Å²) in [6.45, 7) is 6.26. The molecule has 1 N–H and O–H groups in total. The van der Waals surface area contributed by atoms with Gasteiger partial charge in [-0.2, -0.15) is 0 Å². The van der Waals surface area contributed by atoms with Crippen LogP contribution in [-0.4, -0.2) is 77.0 Å². The number of carbonyl (C=O) groups excluding carboxylic acids is 2. The van der Waals surface area contributed by atoms with Gasteiger partial charge < -0.3 is 33.7 Å². The van der Waals surface area contributed by atoms with Crippen molar-refractivity contribution in [3.63, 3.8) is 0 Å². The molecular formula is C35H46N4O8. The van der Waals surface area contributed by atoms with Crippen LogP contribution in [0.15, 0.2) is 60.8 Å². The van der Waals surface area contributed by atoms with Gasteiger partial charge in [-0.05, 0) is 44.4 Å². The molecule has 5 atom stereocenters. The van der Waals surface area contributed by atoms with Crippen molar-refractivity contribution in [3.05, 3.63) is 66.4 Å². The van der Waals surface area contributed by atoms with Crippen LogP contribution in [0.5, 0.6) is 5.75 Å². The third kappa shape index (κ3) is 9.83. The van der Waals surface area contributed by atoms with Crippen LogP contribution in [0.1, 0.15) is 64.9 Å². The van der Waals surface area contributed by atoms with Crippen LogP contribution in [0.2, 0.25) is 0 Å². The molecule has 2 fully saturated rings. The molecule has 12 heteroatoms. The molecule has 0 spiro atoms. The molecule has 2 aliphatic rings. The zero-order chi connectivity index (χ0) is 33.2. The summed E-state index contributed by atoms with van der Waals surface area (Å²) in [4.78, 5) is 24.3. The summed E-state index contributed by atoms with van der Waals surface area (Å²) in [6.07, 6.45) is 4.51. The zero-order valence-corrected chi connectivity index (χ0v) is 27.6. The quantitative estimate of drug-likeness (QED) is 0.170. The molecule has 3 heterocycles. The first-order valence-electron chi connectivity index (χ1n) is 16.3. The Hall–Kier alpha value is -3.84. The number of ether oxygens (including phenoxy) is 6. The van der Waals surface area contributed by atoms with Gasteiger partial charge in [0.15, 0.2) is 12.1 Å². The highest BCUT2D eigenvalue weighted by Gasteiger charge is 2.56. The molecule has 2 aromatic carbocycles. The van der Waals surface area contributed by atoms with E-state index >= 15 is 0 Å². The zero-order valence-electron chi connectivity index (χ0n) is 27.6. The number of hydrogen-bond donors (Lipinski definition) is 1. The Labute approximate surface area is 276 Å². The predicted octanol–water partition coefficient (Wildman–Crippen LogP) is 4.80. The summed E-state index contributed by atoms with van der Waals surface area (Å²) in [5, 5.41) is 11.7. The molecule has 0 radical (unpaired) electrons. The van der Waals surface area contributed by atoms with Gasteiger partial charge in [-0.3, -0.25) is 9.59 Å². The minimum Gasteiger partial charge on any atom is -0.497 e. The first-order chi connectivity index (χ1) is 22.7. The molecule has 1 aromatic heterocycles. The fraction of sp³-hybridized carbons (Fsp3) is 0.543. The van der Waals surface area contributed by atoms with Gasteiger partial charge in [0.1, 0.15) is 42.4 Å². The molecule has 2 saturated heterocycles. The van der Waals surface area contributed by atoms with Crippen molar-refractivity contribution in [3.8, 4) is 17.0 Å². The van der Waals surface area contributed by atoms with Crippen molar-refractivity contribution in [1.29, 1.82) is 0 Å². The SMILES string of the molecule is COc1cccc(-c2cn(CC3OC(OCCCCCCCC(=O)OCc4ccccc4)C(NC(C)=O)C4OC(C)(C)OC34)nn2)c1. The topological polar surface area (TPSA) is 132 Å². The number of nitrogens with zero attached hydrogens (tertiary/aromatic N) is 3. The highest BCUT2D eigenvalue weighted by atomic mass is 16.8. The lowest BCUT2D eigenvalue weighted by molar-refractivity contribution is -0.248. The second kappa shape index (κ2) is 16.3. The lowest BCUT2D eigenvalue weighted by Gasteiger charge is -2.42. The second-order valence-corrected chi connectivity index (χ2v) is 12.4. The van der Waals surface area contributed by atoms with Crippen LogP contribution in [0.25, 0.3) is 11.3 Å². The Kier molecular flexibility index (Phi) is 12.0. The van der Waals surface area contributed by atoms with Crippen LogP contribution in [0, 0.1) is 0 Å². The van der Waals surface area contributed by atoms with Gasteiger partial charge in [-0.15, -0.1) is 5.10 Å². The molecule has 5 rings (SSSR count). The third-order valence-corrected chi connectivity index (χ3v) is 8.18. The third-order valence-electron chi connectivity index (χ3n) is 8.18. The molecule has 12 nitrogen and oxygen atoms in total. The maximum Gasteiger partial charge on any atom is 0.306 e. The summed E-state index contributed by atoms with van der Waals surface area (Å²) in [5.74, 6) is -0.520. The van der Waals surface area contributed by atoms with E-state index in [4.69, 9.17) is 28.4 Å². The van der Waals surface area contributed by atoms with Gasteiger partial charge in [0, 0.05) is 25.5 Å². The maximum atomic E-state index is 12.2. The summed E-state index contributed by atoms with van der Waals surface area (Å²) < 4.78 is 37.8. The van der Waals surface area contributed by atoms with Crippen LogP contribution in [-0.2, 0) is 46.4 Å². The van der Waals surface area contributed by atoms with E-state index in [1.807, 2.05) is 74.6 Å². The summed E-state index contributed by atoms with van der Waals surface area (Å²) >= 11 is 0. The van der Waals surface area contributed by atoms with E-state index in [-0.39, 0.29) is 11.9 Å². The Bertz CT molecular complexity index is 1450. The largest absolute Gasteiger partial charge is 0.497 e. The Morgan fingerprint density at radius 2 is 1.74 bits per heavy atom. The number of hydrogen-bond acceptors (Lipinski definition) is 10. The number of nitrogens with one attached hydrogen (secondary N) is 1. The van der Waals surface area contributed by atoms with Crippen molar-refractivity contribution in [2.45, 2.75) is 109 Å². The standard InChI is InChI=1S/C35H46N4O8/c1-24(40)36-31-33-32(46-35(2,3)47-33)29(22-39-21-28(37-38-39)26-16-13-17-27(20-26)42-4)45-34(31)43-19-12-7-5-6-11-18-30(41)44-23-25-14-9-8-10-15-25/h8-10,13-17,20-21,29,31-34H,5-7,11-12,18-19,22-23H2,1-4H3,(H,36,40). The molecule has 0 aliphatic carbocycles. The van der Waals surface area contributed by atoms with Gasteiger partial charge in [0.2, 0.25) is 5.91 Å². The number of fused-ring (bicyclic) bond motifs is 1. The number of amides is 1. The maximum absolute atomic E-state index is 12.2. The highest BCUT2D eigenvalue weighted by Crippen LogP contribution is 2.38. The Morgan fingerprint density at radius 1 is 0.979 bits per heavy atom. The van der Waals surface area contributed by atoms with E-state index in [0.717, 1.165) is 49.0 Å². The van der Waals surface area contributed by atoms with Crippen molar-refractivity contribution in [2.75, 3.05) is 13.7 Å². The fourth-order valence-corrected chi connectivity index (χ4v) is 5.94. The van der Waals surface area contributed by atoms with E-state index in [1.54, 1.807) is 11.8 Å². The Morgan fingerprint density at radius 3 is 2.53 bits per heavy atom. The van der Waals surface area contributed by atoms with E-state index < -0.39 is 36.4 Å². The van der Waals surface area contributed by atoms with Crippen molar-refractivity contribution < 1.29 is 38.0 Å². The summed E-state index contributed by atoms with van der Waals surface area (Å²) in [7, 11) is 1.62. The summed E-state index contributed by atoms with van der Waals surface area (Å²) in [5.41, 5.74) is 2.57. The molecule has 1 amide bonds. The normalized spacial score (nSPS) is 23.2. The monoisotopic (exact) mass is 650 g/mol. The average Bonchev–Trinajstić information content (AvgIpc) is 3.66. The number of methoxy groups -OCH3 is 1. The van der Waals surface area contributed by atoms with Gasteiger partial charge in [-0.25, -0.2) is 4.68 Å². The van der Waals surface area contributed by atoms with Crippen LogP contribution in [0.4, 0.5) is 0 Å². The lowest BCUT2D eigenvalue weighted by atomic mass is 9.96. The molecular weight excluding hydrogens is 604 g/mol. The van der Waals surface area contributed by atoms with Gasteiger partial charge in [0.25, 0.3) is 0 Å². The number of aromatic nitrogens is 3. The number of esters is 1. The number of rotatable bonds is 16. The smallest absolute Gasteiger partial charge is 0.306 e. The predicted molar refractivity (Wildman–Crippen MR) is 172 cm³/mol. The van der Waals surface area contributed by atoms with Gasteiger partial charge in [-0.1, -0.05) is 66.9 Å². The van der Waals surface area contributed by atoms with E-state index in [2.05, 4.69) is 15.6 Å². The Balaban J connectivity index is 1.12. The van der Waals surface area contributed by atoms with Crippen molar-refractivity contribution in [1.82, 2.24) is 20.3 Å². The molecule has 254 valence electrons. The molecule has 2 aliphatic heterocycles. The molecule has 0 bridgehead atoms. The van der Waals surface area contributed by atoms with Crippen LogP contribution < -0.4 is 10.1 Å². The van der Waals surface area contributed by atoms with Gasteiger partial charge >= 0.3 is 5.97 Å². The minimum atomic E-state index is -0.870. The molecule has 3 aromatic rings. The highest BCUT2D eigenvalue weighted by molar-refractivity contribution is 5.73. The molecule has 0 saturated carbocycles. The number of benzene rings is 2. The second-order valence-electron chi connectivity index (χ2n) is 12.4. The van der Waals surface area contributed by atoms with E-state index in [9.17, 15) is 9.59 Å². The summed E-state index contributed by atoms with van der Waals surface area (Å²) in [6, 6.07) is 16.8. The number of carbonyl (C=O) groups is 2. The van der Waals surface area contributed by atoms with Crippen LogP contribution in [0.3, 0.4) is 0 Å². The molecule has 5 unspecified atom stereocenters. The van der Waals surface area contributed by atoms with Crippen molar-refractivity contribution >= 4 is 11.9 Å². The van der Waals surface area contributed by atoms with Gasteiger partial charge in [0.05, 0.1) is 19.9 Å². The van der Waals surface area contributed by atoms with E-state index in [1.165, 1.54) is 6.92 Å².